The zero-order chi connectivity index (χ0) is 12.4. The van der Waals surface area contributed by atoms with Gasteiger partial charge < -0.3 is 5.73 Å². The largest absolute Gasteiger partial charge is 0.324 e. The number of nitrogens with zero attached hydrogens (tertiary/aromatic N) is 2. The lowest BCUT2D eigenvalue weighted by Gasteiger charge is -2.09. The molecule has 0 saturated carbocycles. The van der Waals surface area contributed by atoms with E-state index < -0.39 is 0 Å². The van der Waals surface area contributed by atoms with Crippen molar-refractivity contribution >= 4 is 15.9 Å². The average Bonchev–Trinajstić information content (AvgIpc) is 2.28. The Hall–Kier alpha value is -1.26. The number of halogens is 1. The van der Waals surface area contributed by atoms with Crippen LogP contribution in [0.15, 0.2) is 34.9 Å². The van der Waals surface area contributed by atoms with Gasteiger partial charge in [0.05, 0.1) is 0 Å². The molecule has 2 aromatic rings. The highest BCUT2D eigenvalue weighted by atomic mass is 79.9. The second kappa shape index (κ2) is 4.94. The highest BCUT2D eigenvalue weighted by molar-refractivity contribution is 9.10. The number of aromatic nitrogens is 2. The van der Waals surface area contributed by atoms with E-state index in [9.17, 15) is 0 Å². The van der Waals surface area contributed by atoms with Gasteiger partial charge in [-0.3, -0.25) is 0 Å². The standard InChI is InChI=1S/C13H14BrN3/c1-8(15)12-7-16-13(17-9(12)2)10-4-3-5-11(14)6-10/h3-8H,15H2,1-2H3. The normalized spacial score (nSPS) is 12.5. The summed E-state index contributed by atoms with van der Waals surface area (Å²) in [4.78, 5) is 8.85. The van der Waals surface area contributed by atoms with Crippen LogP contribution >= 0.6 is 15.9 Å². The molecule has 0 amide bonds. The van der Waals surface area contributed by atoms with Gasteiger partial charge in [0.2, 0.25) is 0 Å². The van der Waals surface area contributed by atoms with Crippen molar-refractivity contribution in [2.75, 3.05) is 0 Å². The fourth-order valence-corrected chi connectivity index (χ4v) is 2.09. The Balaban J connectivity index is 2.44. The first-order chi connectivity index (χ1) is 8.08. The molecule has 0 aliphatic carbocycles. The van der Waals surface area contributed by atoms with Crippen molar-refractivity contribution in [2.45, 2.75) is 19.9 Å². The van der Waals surface area contributed by atoms with Crippen molar-refractivity contribution in [1.29, 1.82) is 0 Å². The molecule has 4 heteroatoms. The van der Waals surface area contributed by atoms with E-state index in [1.807, 2.05) is 44.3 Å². The number of benzene rings is 1. The minimum atomic E-state index is -0.0356. The van der Waals surface area contributed by atoms with Crippen LogP contribution in [0, 0.1) is 6.92 Å². The van der Waals surface area contributed by atoms with Crippen LogP contribution in [-0.2, 0) is 0 Å². The second-order valence-corrected chi connectivity index (χ2v) is 4.95. The molecule has 88 valence electrons. The first-order valence-electron chi connectivity index (χ1n) is 5.43. The third-order valence-electron chi connectivity index (χ3n) is 2.59. The number of aryl methyl sites for hydroxylation is 1. The molecule has 17 heavy (non-hydrogen) atoms. The minimum absolute atomic E-state index is 0.0356. The summed E-state index contributed by atoms with van der Waals surface area (Å²) in [6, 6.07) is 7.90. The fraction of sp³-hybridized carbons (Fsp3) is 0.231. The quantitative estimate of drug-likeness (QED) is 0.924. The average molecular weight is 292 g/mol. The van der Waals surface area contributed by atoms with E-state index >= 15 is 0 Å². The number of hydrogen-bond acceptors (Lipinski definition) is 3. The van der Waals surface area contributed by atoms with Gasteiger partial charge >= 0.3 is 0 Å². The molecule has 1 aromatic carbocycles. The third kappa shape index (κ3) is 2.70. The zero-order valence-electron chi connectivity index (χ0n) is 9.81. The summed E-state index contributed by atoms with van der Waals surface area (Å²) in [6.45, 7) is 3.90. The van der Waals surface area contributed by atoms with Crippen LogP contribution in [0.4, 0.5) is 0 Å². The van der Waals surface area contributed by atoms with Gasteiger partial charge in [-0.05, 0) is 26.0 Å². The molecular weight excluding hydrogens is 278 g/mol. The molecule has 2 rings (SSSR count). The molecule has 0 aliphatic heterocycles. The van der Waals surface area contributed by atoms with E-state index in [1.165, 1.54) is 0 Å². The monoisotopic (exact) mass is 291 g/mol. The molecular formula is C13H14BrN3. The van der Waals surface area contributed by atoms with E-state index in [0.29, 0.717) is 0 Å². The summed E-state index contributed by atoms with van der Waals surface area (Å²) in [5.41, 5.74) is 8.76. The minimum Gasteiger partial charge on any atom is -0.324 e. The van der Waals surface area contributed by atoms with Crippen LogP contribution in [0.1, 0.15) is 24.2 Å². The molecule has 2 N–H and O–H groups in total. The Labute approximate surface area is 109 Å². The topological polar surface area (TPSA) is 51.8 Å². The van der Waals surface area contributed by atoms with Gasteiger partial charge in [-0.15, -0.1) is 0 Å². The van der Waals surface area contributed by atoms with Crippen molar-refractivity contribution in [3.63, 3.8) is 0 Å². The molecule has 1 aromatic heterocycles. The predicted octanol–water partition coefficient (Wildman–Crippen LogP) is 3.23. The molecule has 0 saturated heterocycles. The predicted molar refractivity (Wildman–Crippen MR) is 72.5 cm³/mol. The SMILES string of the molecule is Cc1nc(-c2cccc(Br)c2)ncc1C(C)N. The van der Waals surface area contributed by atoms with E-state index in [1.54, 1.807) is 0 Å². The number of rotatable bonds is 2. The molecule has 0 aliphatic rings. The Bertz CT molecular complexity index is 538. The maximum Gasteiger partial charge on any atom is 0.159 e. The van der Waals surface area contributed by atoms with E-state index in [-0.39, 0.29) is 6.04 Å². The van der Waals surface area contributed by atoms with Crippen LogP contribution in [0.2, 0.25) is 0 Å². The number of hydrogen-bond donors (Lipinski definition) is 1. The van der Waals surface area contributed by atoms with Gasteiger partial charge in [-0.2, -0.15) is 0 Å². The number of nitrogens with two attached hydrogens (primary N) is 1. The summed E-state index contributed by atoms with van der Waals surface area (Å²) in [5, 5.41) is 0. The second-order valence-electron chi connectivity index (χ2n) is 4.03. The van der Waals surface area contributed by atoms with Gasteiger partial charge in [-0.1, -0.05) is 28.1 Å². The van der Waals surface area contributed by atoms with Crippen molar-refractivity contribution in [2.24, 2.45) is 5.73 Å². The summed E-state index contributed by atoms with van der Waals surface area (Å²) < 4.78 is 1.02. The lowest BCUT2D eigenvalue weighted by Crippen LogP contribution is -2.09. The molecule has 1 atom stereocenters. The lowest BCUT2D eigenvalue weighted by atomic mass is 10.1. The van der Waals surface area contributed by atoms with Crippen molar-refractivity contribution in [1.82, 2.24) is 9.97 Å². The summed E-state index contributed by atoms with van der Waals surface area (Å²) in [5.74, 6) is 0.730. The fourth-order valence-electron chi connectivity index (χ4n) is 1.69. The summed E-state index contributed by atoms with van der Waals surface area (Å²) in [6.07, 6.45) is 1.81. The van der Waals surface area contributed by atoms with Crippen molar-refractivity contribution < 1.29 is 0 Å². The Morgan fingerprint density at radius 2 is 2.12 bits per heavy atom. The van der Waals surface area contributed by atoms with Crippen molar-refractivity contribution in [3.05, 3.63) is 46.2 Å². The van der Waals surface area contributed by atoms with Gasteiger partial charge in [0.1, 0.15) is 0 Å². The Kier molecular flexibility index (Phi) is 3.54. The van der Waals surface area contributed by atoms with Crippen LogP contribution in [0.25, 0.3) is 11.4 Å². The summed E-state index contributed by atoms with van der Waals surface area (Å²) >= 11 is 3.44. The third-order valence-corrected chi connectivity index (χ3v) is 3.08. The van der Waals surface area contributed by atoms with E-state index in [2.05, 4.69) is 25.9 Å². The van der Waals surface area contributed by atoms with E-state index in [0.717, 1.165) is 27.1 Å². The van der Waals surface area contributed by atoms with Gasteiger partial charge in [0, 0.05) is 33.5 Å². The molecule has 0 spiro atoms. The Morgan fingerprint density at radius 1 is 1.35 bits per heavy atom. The highest BCUT2D eigenvalue weighted by Crippen LogP contribution is 2.21. The first-order valence-corrected chi connectivity index (χ1v) is 6.22. The molecule has 0 radical (unpaired) electrons. The van der Waals surface area contributed by atoms with Gasteiger partial charge in [0.15, 0.2) is 5.82 Å². The summed E-state index contributed by atoms with van der Waals surface area (Å²) in [7, 11) is 0. The molecule has 1 unspecified atom stereocenters. The zero-order valence-corrected chi connectivity index (χ0v) is 11.4. The van der Waals surface area contributed by atoms with Crippen LogP contribution in [0.3, 0.4) is 0 Å². The van der Waals surface area contributed by atoms with Gasteiger partial charge in [0.25, 0.3) is 0 Å². The molecule has 1 heterocycles. The van der Waals surface area contributed by atoms with Crippen LogP contribution in [-0.4, -0.2) is 9.97 Å². The maximum atomic E-state index is 5.84. The van der Waals surface area contributed by atoms with Gasteiger partial charge in [-0.25, -0.2) is 9.97 Å². The van der Waals surface area contributed by atoms with E-state index in [4.69, 9.17) is 5.73 Å². The molecule has 0 bridgehead atoms. The van der Waals surface area contributed by atoms with Crippen LogP contribution < -0.4 is 5.73 Å². The maximum absolute atomic E-state index is 5.84. The first kappa shape index (κ1) is 12.2. The smallest absolute Gasteiger partial charge is 0.159 e. The lowest BCUT2D eigenvalue weighted by molar-refractivity contribution is 0.790. The Morgan fingerprint density at radius 3 is 2.71 bits per heavy atom. The van der Waals surface area contributed by atoms with Crippen molar-refractivity contribution in [3.8, 4) is 11.4 Å². The molecule has 3 nitrogen and oxygen atoms in total. The highest BCUT2D eigenvalue weighted by Gasteiger charge is 2.08. The molecule has 0 fully saturated rings. The van der Waals surface area contributed by atoms with Crippen LogP contribution in [0.5, 0.6) is 0 Å².